The smallest absolute Gasteiger partial charge is 0.475 e. The summed E-state index contributed by atoms with van der Waals surface area (Å²) in [6.07, 6.45) is -7.88. The lowest BCUT2D eigenvalue weighted by Gasteiger charge is -2.33. The lowest BCUT2D eigenvalue weighted by molar-refractivity contribution is -0.193. The molecule has 1 aromatic heterocycles. The summed E-state index contributed by atoms with van der Waals surface area (Å²) in [7, 11) is 0. The molecule has 2 saturated heterocycles. The topological polar surface area (TPSA) is 143 Å². The number of carboxylic acids is 2. The van der Waals surface area contributed by atoms with E-state index in [-0.39, 0.29) is 17.4 Å². The van der Waals surface area contributed by atoms with E-state index in [9.17, 15) is 35.9 Å². The van der Waals surface area contributed by atoms with Crippen LogP contribution in [0.3, 0.4) is 0 Å². The van der Waals surface area contributed by atoms with Crippen molar-refractivity contribution >= 4 is 29.6 Å². The SMILES string of the molecule is CCN1CC2(CC1=O)CN(Cc1ccccn1)CCN(C(=O)Nc1ccccc1)C2.O=C(O)C(F)(F)F.O=C(O)C(F)(F)F. The van der Waals surface area contributed by atoms with Crippen LogP contribution in [0.25, 0.3) is 0 Å². The number of hydrogen-bond acceptors (Lipinski definition) is 6. The van der Waals surface area contributed by atoms with Crippen molar-refractivity contribution in [3.63, 3.8) is 0 Å². The molecular weight excluding hydrogens is 604 g/mol. The highest BCUT2D eigenvalue weighted by Crippen LogP contribution is 2.35. The van der Waals surface area contributed by atoms with Crippen LogP contribution in [0, 0.1) is 5.41 Å². The third-order valence-electron chi connectivity index (χ3n) is 6.47. The van der Waals surface area contributed by atoms with E-state index < -0.39 is 24.3 Å². The highest BCUT2D eigenvalue weighted by molar-refractivity contribution is 5.89. The number of carbonyl (C=O) groups excluding carboxylic acids is 2. The Bertz CT molecular complexity index is 1240. The van der Waals surface area contributed by atoms with Crippen molar-refractivity contribution in [3.8, 4) is 0 Å². The molecule has 17 heteroatoms. The molecule has 3 heterocycles. The third-order valence-corrected chi connectivity index (χ3v) is 6.47. The van der Waals surface area contributed by atoms with Gasteiger partial charge in [0, 0.05) is 69.5 Å². The molecule has 1 aromatic carbocycles. The van der Waals surface area contributed by atoms with Gasteiger partial charge in [-0.1, -0.05) is 24.3 Å². The predicted octanol–water partition coefficient (Wildman–Crippen LogP) is 3.94. The number of pyridine rings is 1. The molecule has 242 valence electrons. The van der Waals surface area contributed by atoms with Crippen LogP contribution < -0.4 is 5.32 Å². The number of carbonyl (C=O) groups is 4. The molecule has 1 atom stereocenters. The fourth-order valence-corrected chi connectivity index (χ4v) is 4.58. The fourth-order valence-electron chi connectivity index (χ4n) is 4.58. The minimum atomic E-state index is -5.08. The van der Waals surface area contributed by atoms with Gasteiger partial charge in [0.05, 0.1) is 5.69 Å². The van der Waals surface area contributed by atoms with Crippen LogP contribution in [0.1, 0.15) is 19.0 Å². The van der Waals surface area contributed by atoms with E-state index in [1.165, 1.54) is 0 Å². The van der Waals surface area contributed by atoms with Crippen molar-refractivity contribution < 1.29 is 55.7 Å². The molecule has 3 N–H and O–H groups in total. The zero-order chi connectivity index (χ0) is 33.1. The number of amides is 3. The van der Waals surface area contributed by atoms with Crippen molar-refractivity contribution in [3.05, 3.63) is 60.4 Å². The van der Waals surface area contributed by atoms with Gasteiger partial charge in [0.15, 0.2) is 0 Å². The highest BCUT2D eigenvalue weighted by Gasteiger charge is 2.47. The van der Waals surface area contributed by atoms with E-state index in [2.05, 4.69) is 15.2 Å². The number of hydrogen-bond donors (Lipinski definition) is 3. The number of nitrogens with one attached hydrogen (secondary N) is 1. The highest BCUT2D eigenvalue weighted by atomic mass is 19.4. The largest absolute Gasteiger partial charge is 0.490 e. The molecule has 3 amide bonds. The fraction of sp³-hybridized carbons (Fsp3) is 0.444. The molecule has 2 aromatic rings. The van der Waals surface area contributed by atoms with Gasteiger partial charge in [-0.25, -0.2) is 14.4 Å². The van der Waals surface area contributed by atoms with Crippen LogP contribution in [0.2, 0.25) is 0 Å². The summed E-state index contributed by atoms with van der Waals surface area (Å²) in [5, 5.41) is 17.3. The standard InChI is InChI=1S/C23H29N5O2.2C2HF3O2/c1-2-27-17-23(14-21(27)29)16-26(15-20-10-6-7-11-24-20)12-13-28(18-23)22(30)25-19-8-4-3-5-9-19;2*3-2(4,5)1(6)7/h3-11H,2,12-18H2,1H3,(H,25,30);2*(H,6,7). The van der Waals surface area contributed by atoms with E-state index >= 15 is 0 Å². The number of para-hydroxylation sites is 1. The average molecular weight is 636 g/mol. The van der Waals surface area contributed by atoms with Crippen molar-refractivity contribution in [2.24, 2.45) is 5.41 Å². The lowest BCUT2D eigenvalue weighted by atomic mass is 9.86. The Labute approximate surface area is 248 Å². The molecule has 0 aliphatic carbocycles. The second-order valence-corrected chi connectivity index (χ2v) is 9.94. The minimum Gasteiger partial charge on any atom is -0.475 e. The number of aliphatic carboxylic acids is 2. The number of urea groups is 1. The van der Waals surface area contributed by atoms with Gasteiger partial charge in [-0.05, 0) is 31.2 Å². The molecule has 2 aliphatic rings. The number of rotatable bonds is 4. The summed E-state index contributed by atoms with van der Waals surface area (Å²) in [4.78, 5) is 54.0. The van der Waals surface area contributed by atoms with Crippen LogP contribution in [-0.4, -0.2) is 105 Å². The maximum Gasteiger partial charge on any atom is 0.490 e. The Morgan fingerprint density at radius 3 is 1.93 bits per heavy atom. The van der Waals surface area contributed by atoms with E-state index in [0.29, 0.717) is 32.6 Å². The number of anilines is 1. The number of likely N-dealkylation sites (tertiary alicyclic amines) is 1. The molecule has 0 bridgehead atoms. The van der Waals surface area contributed by atoms with Gasteiger partial charge in [-0.2, -0.15) is 26.3 Å². The van der Waals surface area contributed by atoms with Gasteiger partial charge >= 0.3 is 30.3 Å². The van der Waals surface area contributed by atoms with Crippen molar-refractivity contribution in [2.45, 2.75) is 32.2 Å². The molecule has 4 rings (SSSR count). The summed E-state index contributed by atoms with van der Waals surface area (Å²) in [6.45, 7) is 6.85. The molecule has 2 aliphatic heterocycles. The summed E-state index contributed by atoms with van der Waals surface area (Å²) >= 11 is 0. The van der Waals surface area contributed by atoms with Gasteiger partial charge in [-0.15, -0.1) is 0 Å². The molecular formula is C27H31F6N5O6. The van der Waals surface area contributed by atoms with Gasteiger partial charge in [0.25, 0.3) is 0 Å². The van der Waals surface area contributed by atoms with Crippen LogP contribution in [0.15, 0.2) is 54.7 Å². The first-order valence-corrected chi connectivity index (χ1v) is 13.1. The summed E-state index contributed by atoms with van der Waals surface area (Å²) in [5.41, 5.74) is 1.53. The maximum absolute atomic E-state index is 13.0. The van der Waals surface area contributed by atoms with Crippen molar-refractivity contribution in [1.82, 2.24) is 19.7 Å². The number of halogens is 6. The lowest BCUT2D eigenvalue weighted by Crippen LogP contribution is -2.45. The zero-order valence-electron chi connectivity index (χ0n) is 23.4. The molecule has 44 heavy (non-hydrogen) atoms. The van der Waals surface area contributed by atoms with E-state index in [1.807, 2.05) is 65.3 Å². The first-order chi connectivity index (χ1) is 20.5. The molecule has 11 nitrogen and oxygen atoms in total. The van der Waals surface area contributed by atoms with Gasteiger partial charge in [0.1, 0.15) is 0 Å². The first kappa shape index (κ1) is 35.8. The number of nitrogens with zero attached hydrogens (tertiary/aromatic N) is 4. The van der Waals surface area contributed by atoms with Crippen molar-refractivity contribution in [2.75, 3.05) is 44.6 Å². The van der Waals surface area contributed by atoms with Gasteiger partial charge in [-0.3, -0.25) is 14.7 Å². The predicted molar refractivity (Wildman–Crippen MR) is 143 cm³/mol. The minimum absolute atomic E-state index is 0.109. The monoisotopic (exact) mass is 635 g/mol. The second-order valence-electron chi connectivity index (χ2n) is 9.94. The zero-order valence-corrected chi connectivity index (χ0v) is 23.4. The van der Waals surface area contributed by atoms with E-state index in [0.717, 1.165) is 31.0 Å². The maximum atomic E-state index is 13.0. The average Bonchev–Trinajstić information content (AvgIpc) is 3.14. The molecule has 0 saturated carbocycles. The third kappa shape index (κ3) is 11.3. The van der Waals surface area contributed by atoms with Crippen molar-refractivity contribution in [1.29, 1.82) is 0 Å². The van der Waals surface area contributed by atoms with Gasteiger partial charge < -0.3 is 25.3 Å². The Kier molecular flexibility index (Phi) is 12.5. The Balaban J connectivity index is 0.000000402. The van der Waals surface area contributed by atoms with Crippen LogP contribution in [0.4, 0.5) is 36.8 Å². The molecule has 1 spiro atoms. The van der Waals surface area contributed by atoms with E-state index in [1.54, 1.807) is 6.20 Å². The summed E-state index contributed by atoms with van der Waals surface area (Å²) in [5.74, 6) is -5.33. The quantitative estimate of drug-likeness (QED) is 0.429. The summed E-state index contributed by atoms with van der Waals surface area (Å²) in [6, 6.07) is 15.3. The molecule has 0 radical (unpaired) electrons. The molecule has 1 unspecified atom stereocenters. The van der Waals surface area contributed by atoms with Crippen LogP contribution in [0.5, 0.6) is 0 Å². The number of alkyl halides is 6. The normalized spacial score (nSPS) is 18.8. The number of aromatic nitrogens is 1. The van der Waals surface area contributed by atoms with E-state index in [4.69, 9.17) is 19.8 Å². The van der Waals surface area contributed by atoms with Crippen LogP contribution >= 0.6 is 0 Å². The van der Waals surface area contributed by atoms with Crippen LogP contribution in [-0.2, 0) is 20.9 Å². The molecule has 2 fully saturated rings. The number of benzene rings is 1. The Morgan fingerprint density at radius 2 is 1.45 bits per heavy atom. The first-order valence-electron chi connectivity index (χ1n) is 13.1. The Morgan fingerprint density at radius 1 is 0.886 bits per heavy atom. The number of carboxylic acid groups (broad SMARTS) is 2. The summed E-state index contributed by atoms with van der Waals surface area (Å²) < 4.78 is 63.5. The van der Waals surface area contributed by atoms with Gasteiger partial charge in [0.2, 0.25) is 5.91 Å². The second kappa shape index (κ2) is 15.4. The Hall–Kier alpha value is -4.41.